The van der Waals surface area contributed by atoms with Crippen LogP contribution in [0.4, 0.5) is 10.6 Å². The number of hydrogen-bond donors (Lipinski definition) is 1. The second-order valence-corrected chi connectivity index (χ2v) is 9.13. The van der Waals surface area contributed by atoms with Gasteiger partial charge in [0.15, 0.2) is 17.0 Å². The zero-order valence-electron chi connectivity index (χ0n) is 21.2. The molecule has 1 saturated heterocycles. The maximum Gasteiger partial charge on any atom is 0.410 e. The Bertz CT molecular complexity index is 1130. The molecule has 1 fully saturated rings. The van der Waals surface area contributed by atoms with Crippen LogP contribution in [0, 0.1) is 5.92 Å². The fraction of sp³-hybridized carbons (Fsp3) is 0.538. The van der Waals surface area contributed by atoms with Crippen LogP contribution in [0.15, 0.2) is 30.3 Å². The number of hydrogen-bond acceptors (Lipinski definition) is 8. The molecule has 0 atom stereocenters. The number of carbonyl (C=O) groups is 1. The quantitative estimate of drug-likeness (QED) is 0.388. The van der Waals surface area contributed by atoms with Crippen LogP contribution in [0.5, 0.6) is 12.0 Å². The van der Waals surface area contributed by atoms with Crippen molar-refractivity contribution >= 4 is 23.1 Å². The van der Waals surface area contributed by atoms with E-state index in [1.54, 1.807) is 7.11 Å². The van der Waals surface area contributed by atoms with Crippen molar-refractivity contribution in [1.82, 2.24) is 24.4 Å². The van der Waals surface area contributed by atoms with Crippen molar-refractivity contribution in [1.29, 1.82) is 0 Å². The average Bonchev–Trinajstić information content (AvgIpc) is 3.26. The first-order chi connectivity index (χ1) is 17.6. The highest BCUT2D eigenvalue weighted by molar-refractivity contribution is 5.83. The number of amides is 1. The highest BCUT2D eigenvalue weighted by Gasteiger charge is 2.24. The lowest BCUT2D eigenvalue weighted by Crippen LogP contribution is -2.38. The fourth-order valence-electron chi connectivity index (χ4n) is 4.46. The molecule has 0 bridgehead atoms. The zero-order chi connectivity index (χ0) is 25.3. The van der Waals surface area contributed by atoms with Crippen LogP contribution in [0.3, 0.4) is 0 Å². The van der Waals surface area contributed by atoms with Gasteiger partial charge in [-0.05, 0) is 43.6 Å². The maximum atomic E-state index is 12.4. The highest BCUT2D eigenvalue weighted by atomic mass is 16.6. The molecule has 0 saturated carbocycles. The van der Waals surface area contributed by atoms with E-state index in [1.165, 1.54) is 0 Å². The first kappa shape index (κ1) is 25.5. The SMILES string of the molecule is CCCCOc1nc(N)c2nc(OC)n(CCCC3CCN(C(=O)OCc4ccccc4)CC3)c2n1. The Morgan fingerprint density at radius 1 is 1.11 bits per heavy atom. The molecule has 1 aromatic carbocycles. The predicted molar refractivity (Wildman–Crippen MR) is 137 cm³/mol. The zero-order valence-corrected chi connectivity index (χ0v) is 21.2. The third-order valence-electron chi connectivity index (χ3n) is 6.55. The van der Waals surface area contributed by atoms with Crippen LogP contribution in [0.2, 0.25) is 0 Å². The lowest BCUT2D eigenvalue weighted by Gasteiger charge is -2.31. The lowest BCUT2D eigenvalue weighted by molar-refractivity contribution is 0.0812. The number of carbonyl (C=O) groups excluding carboxylic acids is 1. The molecule has 1 aliphatic heterocycles. The molecule has 194 valence electrons. The minimum Gasteiger partial charge on any atom is -0.468 e. The van der Waals surface area contributed by atoms with Crippen LogP contribution in [0.25, 0.3) is 11.2 Å². The van der Waals surface area contributed by atoms with Gasteiger partial charge in [0.1, 0.15) is 6.61 Å². The number of aryl methyl sites for hydroxylation is 1. The molecule has 10 nitrogen and oxygen atoms in total. The van der Waals surface area contributed by atoms with E-state index >= 15 is 0 Å². The standard InChI is InChI=1S/C26H36N6O4/c1-3-4-17-35-24-29-22(27)21-23(30-24)32(25(28-21)34-2)14-8-11-19-12-15-31(16-13-19)26(33)36-18-20-9-6-5-7-10-20/h5-7,9-10,19H,3-4,8,11-18H2,1-2H3,(H2,27,29,30). The van der Waals surface area contributed by atoms with Gasteiger partial charge in [0.25, 0.3) is 6.01 Å². The number of nitrogens with zero attached hydrogens (tertiary/aromatic N) is 5. The van der Waals surface area contributed by atoms with E-state index in [0.29, 0.717) is 42.9 Å². The van der Waals surface area contributed by atoms with Crippen molar-refractivity contribution in [2.24, 2.45) is 5.92 Å². The number of unbranched alkanes of at least 4 members (excludes halogenated alkanes) is 1. The number of likely N-dealkylation sites (tertiary alicyclic amines) is 1. The van der Waals surface area contributed by atoms with E-state index in [4.69, 9.17) is 19.9 Å². The minimum atomic E-state index is -0.235. The second-order valence-electron chi connectivity index (χ2n) is 9.13. The average molecular weight is 497 g/mol. The molecule has 10 heteroatoms. The highest BCUT2D eigenvalue weighted by Crippen LogP contribution is 2.28. The van der Waals surface area contributed by atoms with Gasteiger partial charge in [0.2, 0.25) is 0 Å². The van der Waals surface area contributed by atoms with Crippen LogP contribution in [-0.2, 0) is 17.9 Å². The molecule has 36 heavy (non-hydrogen) atoms. The summed E-state index contributed by atoms with van der Waals surface area (Å²) in [7, 11) is 1.59. The van der Waals surface area contributed by atoms with Gasteiger partial charge in [-0.15, -0.1) is 0 Å². The van der Waals surface area contributed by atoms with Gasteiger partial charge >= 0.3 is 12.1 Å². The largest absolute Gasteiger partial charge is 0.468 e. The Hall–Kier alpha value is -3.56. The predicted octanol–water partition coefficient (Wildman–Crippen LogP) is 4.43. The lowest BCUT2D eigenvalue weighted by atomic mass is 9.92. The molecule has 3 heterocycles. The van der Waals surface area contributed by atoms with E-state index in [9.17, 15) is 4.79 Å². The molecule has 2 N–H and O–H groups in total. The number of benzene rings is 1. The minimum absolute atomic E-state index is 0.235. The number of imidazole rings is 1. The number of piperidine rings is 1. The molecule has 2 aromatic heterocycles. The Morgan fingerprint density at radius 3 is 2.61 bits per heavy atom. The molecule has 0 unspecified atom stereocenters. The van der Waals surface area contributed by atoms with E-state index in [2.05, 4.69) is 21.9 Å². The van der Waals surface area contributed by atoms with Crippen LogP contribution in [0.1, 0.15) is 51.0 Å². The van der Waals surface area contributed by atoms with Gasteiger partial charge in [-0.3, -0.25) is 4.57 Å². The Morgan fingerprint density at radius 2 is 1.89 bits per heavy atom. The van der Waals surface area contributed by atoms with Gasteiger partial charge in [-0.1, -0.05) is 43.7 Å². The summed E-state index contributed by atoms with van der Waals surface area (Å²) in [6.07, 6.45) is 5.61. The first-order valence-electron chi connectivity index (χ1n) is 12.7. The molecular formula is C26H36N6O4. The van der Waals surface area contributed by atoms with Crippen LogP contribution >= 0.6 is 0 Å². The van der Waals surface area contributed by atoms with Crippen molar-refractivity contribution in [3.63, 3.8) is 0 Å². The number of ether oxygens (including phenoxy) is 3. The summed E-state index contributed by atoms with van der Waals surface area (Å²) in [5, 5.41) is 0. The maximum absolute atomic E-state index is 12.4. The van der Waals surface area contributed by atoms with Gasteiger partial charge in [0.05, 0.1) is 13.7 Å². The number of rotatable bonds is 11. The Labute approximate surface area is 211 Å². The van der Waals surface area contributed by atoms with E-state index in [0.717, 1.165) is 57.2 Å². The summed E-state index contributed by atoms with van der Waals surface area (Å²) < 4.78 is 18.6. The number of methoxy groups -OCH3 is 1. The Kier molecular flexibility index (Phi) is 8.80. The molecule has 3 aromatic rings. The number of nitrogen functional groups attached to an aromatic ring is 1. The van der Waals surface area contributed by atoms with E-state index < -0.39 is 0 Å². The summed E-state index contributed by atoms with van der Waals surface area (Å²) in [5.41, 5.74) is 8.28. The van der Waals surface area contributed by atoms with Gasteiger partial charge in [0, 0.05) is 19.6 Å². The Balaban J connectivity index is 1.28. The summed E-state index contributed by atoms with van der Waals surface area (Å²) in [6, 6.07) is 10.5. The summed E-state index contributed by atoms with van der Waals surface area (Å²) >= 11 is 0. The molecule has 0 aliphatic carbocycles. The van der Waals surface area contributed by atoms with Gasteiger partial charge in [-0.2, -0.15) is 15.0 Å². The summed E-state index contributed by atoms with van der Waals surface area (Å²) in [6.45, 7) is 5.09. The summed E-state index contributed by atoms with van der Waals surface area (Å²) in [4.78, 5) is 27.5. The normalized spacial score (nSPS) is 14.2. The van der Waals surface area contributed by atoms with Gasteiger partial charge in [-0.25, -0.2) is 4.79 Å². The van der Waals surface area contributed by atoms with E-state index in [1.807, 2.05) is 39.8 Å². The topological polar surface area (TPSA) is 118 Å². The molecule has 0 radical (unpaired) electrons. The first-order valence-corrected chi connectivity index (χ1v) is 12.7. The number of anilines is 1. The molecule has 1 amide bonds. The van der Waals surface area contributed by atoms with E-state index in [-0.39, 0.29) is 17.9 Å². The third-order valence-corrected chi connectivity index (χ3v) is 6.55. The third kappa shape index (κ3) is 6.35. The molecule has 1 aliphatic rings. The molecule has 0 spiro atoms. The van der Waals surface area contributed by atoms with Crippen LogP contribution < -0.4 is 15.2 Å². The number of aromatic nitrogens is 4. The summed E-state index contributed by atoms with van der Waals surface area (Å²) in [5.74, 6) is 0.839. The van der Waals surface area contributed by atoms with Crippen molar-refractivity contribution in [2.75, 3.05) is 32.5 Å². The fourth-order valence-corrected chi connectivity index (χ4v) is 4.46. The van der Waals surface area contributed by atoms with Crippen molar-refractivity contribution < 1.29 is 19.0 Å². The second kappa shape index (κ2) is 12.4. The van der Waals surface area contributed by atoms with Gasteiger partial charge < -0.3 is 24.8 Å². The number of nitrogens with two attached hydrogens (primary N) is 1. The molecular weight excluding hydrogens is 460 g/mol. The smallest absolute Gasteiger partial charge is 0.410 e. The van der Waals surface area contributed by atoms with Crippen LogP contribution in [-0.4, -0.2) is 57.3 Å². The molecule has 4 rings (SSSR count). The van der Waals surface area contributed by atoms with Crippen molar-refractivity contribution in [3.05, 3.63) is 35.9 Å². The van der Waals surface area contributed by atoms with Crippen molar-refractivity contribution in [3.8, 4) is 12.0 Å². The van der Waals surface area contributed by atoms with Crippen molar-refractivity contribution in [2.45, 2.75) is 58.6 Å². The monoisotopic (exact) mass is 496 g/mol. The number of fused-ring (bicyclic) bond motifs is 1.